The van der Waals surface area contributed by atoms with Crippen molar-refractivity contribution in [3.8, 4) is 0 Å². The molecule has 0 bridgehead atoms. The lowest BCUT2D eigenvalue weighted by molar-refractivity contribution is 0.194. The maximum Gasteiger partial charge on any atom is 0.244 e. The van der Waals surface area contributed by atoms with E-state index in [1.54, 1.807) is 26.2 Å². The van der Waals surface area contributed by atoms with E-state index in [1.807, 2.05) is 12.1 Å². The quantitative estimate of drug-likeness (QED) is 0.901. The topological polar surface area (TPSA) is 52.7 Å². The summed E-state index contributed by atoms with van der Waals surface area (Å²) >= 11 is 0. The summed E-state index contributed by atoms with van der Waals surface area (Å²) in [5.74, 6) is 0. The Hall–Kier alpha value is -1.11. The first kappa shape index (κ1) is 16.3. The number of anilines is 1. The monoisotopic (exact) mass is 311 g/mol. The molecule has 1 aliphatic rings. The summed E-state index contributed by atoms with van der Waals surface area (Å²) in [7, 11) is 1.83. The molecule has 1 heterocycles. The zero-order valence-electron chi connectivity index (χ0n) is 13.0. The van der Waals surface area contributed by atoms with Crippen molar-refractivity contribution in [1.82, 2.24) is 9.21 Å². The fraction of sp³-hybridized carbons (Fsp3) is 0.600. The molecule has 0 radical (unpaired) electrons. The van der Waals surface area contributed by atoms with Gasteiger partial charge in [-0.1, -0.05) is 18.6 Å². The molecule has 1 atom stereocenters. The zero-order chi connectivity index (χ0) is 15.5. The molecule has 1 aliphatic heterocycles. The summed E-state index contributed by atoms with van der Waals surface area (Å²) in [6.07, 6.45) is 3.65. The molecular formula is C15H25N3O2S. The van der Waals surface area contributed by atoms with E-state index in [2.05, 4.69) is 17.3 Å². The normalized spacial score (nSPS) is 20.7. The molecule has 0 aliphatic carbocycles. The molecule has 1 aromatic rings. The molecular weight excluding hydrogens is 286 g/mol. The number of likely N-dealkylation sites (tertiary alicyclic amines) is 1. The minimum absolute atomic E-state index is 0.341. The lowest BCUT2D eigenvalue weighted by Gasteiger charge is -2.33. The van der Waals surface area contributed by atoms with Gasteiger partial charge in [-0.2, -0.15) is 0 Å². The van der Waals surface area contributed by atoms with E-state index in [9.17, 15) is 8.42 Å². The van der Waals surface area contributed by atoms with E-state index < -0.39 is 10.0 Å². The number of hydrogen-bond acceptors (Lipinski definition) is 4. The number of likely N-dealkylation sites (N-methyl/N-ethyl adjacent to an activating group) is 1. The van der Waals surface area contributed by atoms with Crippen LogP contribution in [0.4, 0.5) is 5.69 Å². The van der Waals surface area contributed by atoms with Crippen LogP contribution in [-0.4, -0.2) is 57.9 Å². The second kappa shape index (κ2) is 6.77. The van der Waals surface area contributed by atoms with Crippen molar-refractivity contribution in [1.29, 1.82) is 0 Å². The number of piperidine rings is 1. The van der Waals surface area contributed by atoms with E-state index in [1.165, 1.54) is 17.1 Å². The predicted molar refractivity (Wildman–Crippen MR) is 86.1 cm³/mol. The Morgan fingerprint density at radius 1 is 1.29 bits per heavy atom. The number of nitrogens with one attached hydrogen (secondary N) is 1. The van der Waals surface area contributed by atoms with E-state index in [4.69, 9.17) is 0 Å². The molecule has 1 aromatic carbocycles. The standard InChI is InChI=1S/C15H25N3O2S/c1-17(2)21(19,20)15-10-5-4-9-14(15)16-12-13-8-6-7-11-18(13)3/h4-5,9-10,13,16H,6-8,11-12H2,1-3H3. The lowest BCUT2D eigenvalue weighted by atomic mass is 10.0. The van der Waals surface area contributed by atoms with E-state index in [0.717, 1.165) is 19.5 Å². The largest absolute Gasteiger partial charge is 0.382 e. The molecule has 0 spiro atoms. The Bertz CT molecular complexity index is 572. The molecule has 1 unspecified atom stereocenters. The zero-order valence-corrected chi connectivity index (χ0v) is 13.9. The highest BCUT2D eigenvalue weighted by molar-refractivity contribution is 7.89. The number of benzene rings is 1. The minimum Gasteiger partial charge on any atom is -0.382 e. The lowest BCUT2D eigenvalue weighted by Crippen LogP contribution is -2.41. The Morgan fingerprint density at radius 3 is 2.67 bits per heavy atom. The van der Waals surface area contributed by atoms with Gasteiger partial charge >= 0.3 is 0 Å². The van der Waals surface area contributed by atoms with E-state index in [0.29, 0.717) is 16.6 Å². The van der Waals surface area contributed by atoms with Crippen LogP contribution >= 0.6 is 0 Å². The van der Waals surface area contributed by atoms with Gasteiger partial charge in [0.15, 0.2) is 0 Å². The number of para-hydroxylation sites is 1. The van der Waals surface area contributed by atoms with Crippen molar-refractivity contribution in [3.63, 3.8) is 0 Å². The number of sulfonamides is 1. The molecule has 2 rings (SSSR count). The third-order valence-corrected chi connectivity index (χ3v) is 5.97. The summed E-state index contributed by atoms with van der Waals surface area (Å²) in [5.41, 5.74) is 0.685. The maximum atomic E-state index is 12.3. The van der Waals surface area contributed by atoms with Crippen LogP contribution < -0.4 is 5.32 Å². The summed E-state index contributed by atoms with van der Waals surface area (Å²) in [4.78, 5) is 2.69. The molecule has 5 nitrogen and oxygen atoms in total. The first-order chi connectivity index (χ1) is 9.93. The first-order valence-electron chi connectivity index (χ1n) is 7.38. The van der Waals surface area contributed by atoms with Crippen LogP contribution in [-0.2, 0) is 10.0 Å². The Balaban J connectivity index is 2.14. The van der Waals surface area contributed by atoms with Gasteiger partial charge in [-0.3, -0.25) is 0 Å². The summed E-state index contributed by atoms with van der Waals surface area (Å²) in [5, 5.41) is 3.33. The fourth-order valence-corrected chi connectivity index (χ4v) is 3.73. The third kappa shape index (κ3) is 3.75. The molecule has 118 valence electrons. The van der Waals surface area contributed by atoms with Crippen molar-refractivity contribution in [3.05, 3.63) is 24.3 Å². The van der Waals surface area contributed by atoms with Gasteiger partial charge < -0.3 is 10.2 Å². The molecule has 1 saturated heterocycles. The van der Waals surface area contributed by atoms with Crippen LogP contribution in [0.25, 0.3) is 0 Å². The van der Waals surface area contributed by atoms with Crippen LogP contribution in [0.2, 0.25) is 0 Å². The highest BCUT2D eigenvalue weighted by atomic mass is 32.2. The SMILES string of the molecule is CN1CCCCC1CNc1ccccc1S(=O)(=O)N(C)C. The Labute approximate surface area is 128 Å². The van der Waals surface area contributed by atoms with Gasteiger partial charge in [0.1, 0.15) is 4.90 Å². The minimum atomic E-state index is -3.42. The summed E-state index contributed by atoms with van der Waals surface area (Å²) in [6.45, 7) is 1.89. The Morgan fingerprint density at radius 2 is 2.00 bits per heavy atom. The predicted octanol–water partition coefficient (Wildman–Crippen LogP) is 1.83. The van der Waals surface area contributed by atoms with E-state index >= 15 is 0 Å². The fourth-order valence-electron chi connectivity index (χ4n) is 2.66. The average Bonchev–Trinajstić information content (AvgIpc) is 2.46. The molecule has 1 fully saturated rings. The van der Waals surface area contributed by atoms with Crippen molar-refractivity contribution < 1.29 is 8.42 Å². The van der Waals surface area contributed by atoms with Gasteiger partial charge in [-0.05, 0) is 38.6 Å². The number of nitrogens with zero attached hydrogens (tertiary/aromatic N) is 2. The molecule has 6 heteroatoms. The third-order valence-electron chi connectivity index (χ3n) is 4.10. The second-order valence-electron chi connectivity index (χ2n) is 5.79. The molecule has 0 aromatic heterocycles. The van der Waals surface area contributed by atoms with Gasteiger partial charge in [0.2, 0.25) is 10.0 Å². The van der Waals surface area contributed by atoms with Crippen LogP contribution in [0.3, 0.4) is 0 Å². The van der Waals surface area contributed by atoms with Gasteiger partial charge in [0, 0.05) is 26.7 Å². The Kier molecular flexibility index (Phi) is 5.24. The van der Waals surface area contributed by atoms with Crippen LogP contribution in [0.15, 0.2) is 29.2 Å². The van der Waals surface area contributed by atoms with Gasteiger partial charge in [-0.25, -0.2) is 12.7 Å². The van der Waals surface area contributed by atoms with Crippen LogP contribution in [0.5, 0.6) is 0 Å². The molecule has 0 saturated carbocycles. The summed E-state index contributed by atoms with van der Waals surface area (Å²) < 4.78 is 25.9. The highest BCUT2D eigenvalue weighted by Crippen LogP contribution is 2.24. The average molecular weight is 311 g/mol. The summed E-state index contributed by atoms with van der Waals surface area (Å²) in [6, 6.07) is 7.58. The van der Waals surface area contributed by atoms with Gasteiger partial charge in [-0.15, -0.1) is 0 Å². The molecule has 21 heavy (non-hydrogen) atoms. The van der Waals surface area contributed by atoms with Crippen LogP contribution in [0.1, 0.15) is 19.3 Å². The van der Waals surface area contributed by atoms with Crippen LogP contribution in [0, 0.1) is 0 Å². The smallest absolute Gasteiger partial charge is 0.244 e. The van der Waals surface area contributed by atoms with Gasteiger partial charge in [0.25, 0.3) is 0 Å². The molecule has 0 amide bonds. The van der Waals surface area contributed by atoms with Gasteiger partial charge in [0.05, 0.1) is 5.69 Å². The molecule has 1 N–H and O–H groups in total. The van der Waals surface area contributed by atoms with E-state index in [-0.39, 0.29) is 0 Å². The number of rotatable bonds is 5. The maximum absolute atomic E-state index is 12.3. The first-order valence-corrected chi connectivity index (χ1v) is 8.82. The van der Waals surface area contributed by atoms with Crippen molar-refractivity contribution in [2.24, 2.45) is 0 Å². The second-order valence-corrected chi connectivity index (χ2v) is 7.91. The van der Waals surface area contributed by atoms with Crippen molar-refractivity contribution >= 4 is 15.7 Å². The highest BCUT2D eigenvalue weighted by Gasteiger charge is 2.22. The van der Waals surface area contributed by atoms with Crippen molar-refractivity contribution in [2.45, 2.75) is 30.2 Å². The van der Waals surface area contributed by atoms with Crippen molar-refractivity contribution in [2.75, 3.05) is 39.5 Å². The number of hydrogen-bond donors (Lipinski definition) is 1.